The van der Waals surface area contributed by atoms with Crippen LogP contribution in [-0.4, -0.2) is 29.9 Å². The molecular formula is C7H5FLiO2. The van der Waals surface area contributed by atoms with Crippen molar-refractivity contribution in [2.45, 2.75) is 0 Å². The first kappa shape index (κ1) is 10.2. The summed E-state index contributed by atoms with van der Waals surface area (Å²) in [6.45, 7) is 0. The van der Waals surface area contributed by atoms with E-state index in [0.29, 0.717) is 0 Å². The first-order valence-electron chi connectivity index (χ1n) is 2.69. The number of rotatable bonds is 1. The predicted octanol–water partition coefficient (Wildman–Crippen LogP) is 1.14. The molecule has 0 aliphatic heterocycles. The van der Waals surface area contributed by atoms with Crippen LogP contribution in [0.4, 0.5) is 4.39 Å². The zero-order valence-electron chi connectivity index (χ0n) is 6.04. The fraction of sp³-hybridized carbons (Fsp3) is 0. The number of carboxylic acid groups (broad SMARTS) is 1. The molecule has 0 aliphatic rings. The van der Waals surface area contributed by atoms with Gasteiger partial charge in [0.25, 0.3) is 0 Å². The Kier molecular flexibility index (Phi) is 3.87. The van der Waals surface area contributed by atoms with Crippen LogP contribution in [-0.2, 0) is 0 Å². The van der Waals surface area contributed by atoms with Crippen LogP contribution in [0.5, 0.6) is 0 Å². The Morgan fingerprint density at radius 3 is 2.45 bits per heavy atom. The molecule has 1 N–H and O–H groups in total. The standard InChI is InChI=1S/C7H5FO2.Li/c8-6-3-1-2-5(4-6)7(9)10;/h1-4H,(H,9,10);. The molecule has 0 unspecified atom stereocenters. The van der Waals surface area contributed by atoms with Crippen LogP contribution >= 0.6 is 0 Å². The van der Waals surface area contributed by atoms with Crippen molar-refractivity contribution in [3.8, 4) is 0 Å². The summed E-state index contributed by atoms with van der Waals surface area (Å²) in [5, 5.41) is 8.34. The molecule has 0 heterocycles. The molecule has 0 aliphatic carbocycles. The Labute approximate surface area is 75.2 Å². The van der Waals surface area contributed by atoms with Crippen molar-refractivity contribution in [2.24, 2.45) is 0 Å². The van der Waals surface area contributed by atoms with E-state index in [2.05, 4.69) is 0 Å². The van der Waals surface area contributed by atoms with Gasteiger partial charge in [-0.1, -0.05) is 6.07 Å². The summed E-state index contributed by atoms with van der Waals surface area (Å²) in [5.74, 6) is -1.64. The molecule has 0 atom stereocenters. The average molecular weight is 147 g/mol. The zero-order valence-corrected chi connectivity index (χ0v) is 6.04. The average Bonchev–Trinajstić information content (AvgIpc) is 1.88. The monoisotopic (exact) mass is 147 g/mol. The van der Waals surface area contributed by atoms with E-state index in [1.807, 2.05) is 0 Å². The van der Waals surface area contributed by atoms with E-state index >= 15 is 0 Å². The molecule has 1 aromatic rings. The number of carboxylic acids is 1. The first-order chi connectivity index (χ1) is 4.70. The Balaban J connectivity index is 0.000001000. The molecule has 4 heteroatoms. The minimum absolute atomic E-state index is 0. The molecule has 0 aromatic heterocycles. The summed E-state index contributed by atoms with van der Waals surface area (Å²) in [6, 6.07) is 4.87. The molecular weight excluding hydrogens is 142 g/mol. The Morgan fingerprint density at radius 2 is 2.09 bits per heavy atom. The Bertz CT molecular complexity index is 262. The van der Waals surface area contributed by atoms with Gasteiger partial charge in [-0.3, -0.25) is 0 Å². The van der Waals surface area contributed by atoms with E-state index in [4.69, 9.17) is 5.11 Å². The van der Waals surface area contributed by atoms with Crippen LogP contribution < -0.4 is 0 Å². The number of halogens is 1. The predicted molar refractivity (Wildman–Crippen MR) is 39.1 cm³/mol. The van der Waals surface area contributed by atoms with Gasteiger partial charge in [0, 0.05) is 18.9 Å². The number of carbonyl (C=O) groups is 1. The molecule has 11 heavy (non-hydrogen) atoms. The van der Waals surface area contributed by atoms with Gasteiger partial charge in [0.15, 0.2) is 0 Å². The number of benzene rings is 1. The second-order valence-electron chi connectivity index (χ2n) is 1.82. The fourth-order valence-electron chi connectivity index (χ4n) is 0.622. The van der Waals surface area contributed by atoms with Gasteiger partial charge in [-0.05, 0) is 18.2 Å². The third-order valence-corrected chi connectivity index (χ3v) is 1.07. The molecule has 1 radical (unpaired) electrons. The molecule has 0 amide bonds. The zero-order chi connectivity index (χ0) is 7.56. The molecule has 0 saturated carbocycles. The third kappa shape index (κ3) is 2.75. The largest absolute Gasteiger partial charge is 0.478 e. The minimum atomic E-state index is -1.11. The van der Waals surface area contributed by atoms with Crippen molar-refractivity contribution in [1.29, 1.82) is 0 Å². The third-order valence-electron chi connectivity index (χ3n) is 1.07. The molecule has 0 saturated heterocycles. The summed E-state index contributed by atoms with van der Waals surface area (Å²) in [6.07, 6.45) is 0. The van der Waals surface area contributed by atoms with Crippen LogP contribution in [0.2, 0.25) is 0 Å². The number of aromatic carboxylic acids is 1. The van der Waals surface area contributed by atoms with Gasteiger partial charge in [0.2, 0.25) is 0 Å². The van der Waals surface area contributed by atoms with Gasteiger partial charge in [-0.2, -0.15) is 0 Å². The molecule has 0 bridgehead atoms. The summed E-state index contributed by atoms with van der Waals surface area (Å²) in [5.41, 5.74) is -0.0278. The maximum atomic E-state index is 12.3. The van der Waals surface area contributed by atoms with E-state index in [0.717, 1.165) is 6.07 Å². The van der Waals surface area contributed by atoms with Gasteiger partial charge in [-0.15, -0.1) is 0 Å². The SMILES string of the molecule is O=C(O)c1cccc(F)c1.[Li]. The minimum Gasteiger partial charge on any atom is -0.478 e. The molecule has 1 aromatic carbocycles. The normalized spacial score (nSPS) is 8.45. The van der Waals surface area contributed by atoms with E-state index in [1.165, 1.54) is 18.2 Å². The maximum Gasteiger partial charge on any atom is 0.335 e. The Hall–Kier alpha value is -0.783. The van der Waals surface area contributed by atoms with Gasteiger partial charge >= 0.3 is 5.97 Å². The van der Waals surface area contributed by atoms with Gasteiger partial charge in [0.1, 0.15) is 5.82 Å². The van der Waals surface area contributed by atoms with E-state index in [-0.39, 0.29) is 24.4 Å². The second kappa shape index (κ2) is 4.17. The van der Waals surface area contributed by atoms with Crippen molar-refractivity contribution < 1.29 is 14.3 Å². The summed E-state index contributed by atoms with van der Waals surface area (Å²) in [4.78, 5) is 10.2. The molecule has 1 rings (SSSR count). The van der Waals surface area contributed by atoms with E-state index in [9.17, 15) is 9.18 Å². The molecule has 0 fully saturated rings. The smallest absolute Gasteiger partial charge is 0.335 e. The van der Waals surface area contributed by atoms with Gasteiger partial charge in [-0.25, -0.2) is 9.18 Å². The van der Waals surface area contributed by atoms with Crippen molar-refractivity contribution in [1.82, 2.24) is 0 Å². The van der Waals surface area contributed by atoms with E-state index in [1.54, 1.807) is 0 Å². The summed E-state index contributed by atoms with van der Waals surface area (Å²) >= 11 is 0. The number of hydrogen-bond donors (Lipinski definition) is 1. The van der Waals surface area contributed by atoms with Crippen molar-refractivity contribution in [2.75, 3.05) is 0 Å². The maximum absolute atomic E-state index is 12.3. The molecule has 53 valence electrons. The van der Waals surface area contributed by atoms with Crippen LogP contribution in [0, 0.1) is 5.82 Å². The molecule has 2 nitrogen and oxygen atoms in total. The van der Waals surface area contributed by atoms with E-state index < -0.39 is 11.8 Å². The van der Waals surface area contributed by atoms with Crippen molar-refractivity contribution in [3.63, 3.8) is 0 Å². The second-order valence-corrected chi connectivity index (χ2v) is 1.82. The topological polar surface area (TPSA) is 37.3 Å². The van der Waals surface area contributed by atoms with Crippen molar-refractivity contribution >= 4 is 24.8 Å². The summed E-state index contributed by atoms with van der Waals surface area (Å²) < 4.78 is 12.3. The van der Waals surface area contributed by atoms with Crippen LogP contribution in [0.15, 0.2) is 24.3 Å². The fourth-order valence-corrected chi connectivity index (χ4v) is 0.622. The number of hydrogen-bond acceptors (Lipinski definition) is 1. The van der Waals surface area contributed by atoms with Crippen LogP contribution in [0.3, 0.4) is 0 Å². The van der Waals surface area contributed by atoms with Crippen molar-refractivity contribution in [3.05, 3.63) is 35.6 Å². The van der Waals surface area contributed by atoms with Gasteiger partial charge in [0.05, 0.1) is 5.56 Å². The first-order valence-corrected chi connectivity index (χ1v) is 2.69. The summed E-state index contributed by atoms with van der Waals surface area (Å²) in [7, 11) is 0. The molecule has 0 spiro atoms. The Morgan fingerprint density at radius 1 is 1.45 bits per heavy atom. The van der Waals surface area contributed by atoms with Crippen LogP contribution in [0.25, 0.3) is 0 Å². The van der Waals surface area contributed by atoms with Gasteiger partial charge < -0.3 is 5.11 Å². The van der Waals surface area contributed by atoms with Crippen LogP contribution in [0.1, 0.15) is 10.4 Å². The quantitative estimate of drug-likeness (QED) is 0.605.